The molecule has 142 valence electrons. The molecule has 3 heterocycles. The molecule has 5 nitrogen and oxygen atoms in total. The SMILES string of the molecule is CC(C)(C)CC(=O)N1CCC2CC(=O)N(Cc3cccnc3)CCC2C1. The number of hydrogen-bond acceptors (Lipinski definition) is 3. The predicted molar refractivity (Wildman–Crippen MR) is 101 cm³/mol. The molecule has 26 heavy (non-hydrogen) atoms. The number of carbonyl (C=O) groups is 2. The zero-order valence-electron chi connectivity index (χ0n) is 16.3. The van der Waals surface area contributed by atoms with Crippen molar-refractivity contribution < 1.29 is 9.59 Å². The highest BCUT2D eigenvalue weighted by molar-refractivity contribution is 5.78. The highest BCUT2D eigenvalue weighted by Gasteiger charge is 2.36. The Morgan fingerprint density at radius 3 is 2.69 bits per heavy atom. The van der Waals surface area contributed by atoms with Crippen LogP contribution in [0.15, 0.2) is 24.5 Å². The zero-order chi connectivity index (χ0) is 18.7. The first-order chi connectivity index (χ1) is 12.3. The summed E-state index contributed by atoms with van der Waals surface area (Å²) in [5.74, 6) is 1.37. The van der Waals surface area contributed by atoms with Crippen molar-refractivity contribution in [2.24, 2.45) is 17.3 Å². The maximum atomic E-state index is 12.7. The van der Waals surface area contributed by atoms with Gasteiger partial charge in [0, 0.05) is 51.4 Å². The summed E-state index contributed by atoms with van der Waals surface area (Å²) in [5, 5.41) is 0. The summed E-state index contributed by atoms with van der Waals surface area (Å²) in [6, 6.07) is 3.93. The van der Waals surface area contributed by atoms with E-state index >= 15 is 0 Å². The molecule has 1 aromatic heterocycles. The normalized spacial score (nSPS) is 24.2. The van der Waals surface area contributed by atoms with Crippen LogP contribution in [-0.4, -0.2) is 46.2 Å². The number of fused-ring (bicyclic) bond motifs is 1. The summed E-state index contributed by atoms with van der Waals surface area (Å²) in [6.07, 6.45) is 6.73. The molecule has 0 radical (unpaired) electrons. The van der Waals surface area contributed by atoms with Crippen molar-refractivity contribution in [3.8, 4) is 0 Å². The number of carbonyl (C=O) groups excluding carboxylic acids is 2. The van der Waals surface area contributed by atoms with E-state index in [1.165, 1.54) is 0 Å². The molecule has 2 atom stereocenters. The number of piperidine rings is 1. The Morgan fingerprint density at radius 1 is 1.23 bits per heavy atom. The van der Waals surface area contributed by atoms with Crippen molar-refractivity contribution in [1.29, 1.82) is 0 Å². The summed E-state index contributed by atoms with van der Waals surface area (Å²) in [4.78, 5) is 33.4. The molecule has 0 N–H and O–H groups in total. The minimum atomic E-state index is 0.0217. The minimum Gasteiger partial charge on any atom is -0.342 e. The Balaban J connectivity index is 1.61. The van der Waals surface area contributed by atoms with Gasteiger partial charge in [0.1, 0.15) is 0 Å². The number of hydrogen-bond donors (Lipinski definition) is 0. The zero-order valence-corrected chi connectivity index (χ0v) is 16.3. The van der Waals surface area contributed by atoms with Gasteiger partial charge >= 0.3 is 0 Å². The first kappa shape index (κ1) is 18.9. The van der Waals surface area contributed by atoms with Crippen LogP contribution in [0, 0.1) is 17.3 Å². The van der Waals surface area contributed by atoms with Gasteiger partial charge in [-0.15, -0.1) is 0 Å². The fraction of sp³-hybridized carbons (Fsp3) is 0.667. The van der Waals surface area contributed by atoms with E-state index in [9.17, 15) is 9.59 Å². The largest absolute Gasteiger partial charge is 0.342 e. The van der Waals surface area contributed by atoms with Crippen LogP contribution in [0.2, 0.25) is 0 Å². The van der Waals surface area contributed by atoms with Crippen LogP contribution in [0.3, 0.4) is 0 Å². The summed E-state index contributed by atoms with van der Waals surface area (Å²) >= 11 is 0. The lowest BCUT2D eigenvalue weighted by Crippen LogP contribution is -2.44. The van der Waals surface area contributed by atoms with Gasteiger partial charge in [-0.2, -0.15) is 0 Å². The molecule has 0 spiro atoms. The van der Waals surface area contributed by atoms with Crippen LogP contribution in [0.4, 0.5) is 0 Å². The predicted octanol–water partition coefficient (Wildman–Crippen LogP) is 3.10. The quantitative estimate of drug-likeness (QED) is 0.835. The second-order valence-electron chi connectivity index (χ2n) is 9.06. The standard InChI is InChI=1S/C21H31N3O2/c1-21(2,3)12-20(26)24-9-6-17-11-19(25)23(10-7-18(17)15-24)14-16-5-4-8-22-13-16/h4-5,8,13,17-18H,6-7,9-12,14-15H2,1-3H3. The van der Waals surface area contributed by atoms with E-state index in [-0.39, 0.29) is 17.2 Å². The third-order valence-corrected chi connectivity index (χ3v) is 5.58. The van der Waals surface area contributed by atoms with Crippen molar-refractivity contribution >= 4 is 11.8 Å². The average molecular weight is 357 g/mol. The lowest BCUT2D eigenvalue weighted by atomic mass is 9.81. The Bertz CT molecular complexity index is 638. The first-order valence-electron chi connectivity index (χ1n) is 9.76. The summed E-state index contributed by atoms with van der Waals surface area (Å²) in [7, 11) is 0. The van der Waals surface area contributed by atoms with Gasteiger partial charge in [-0.05, 0) is 41.7 Å². The van der Waals surface area contributed by atoms with Gasteiger partial charge in [-0.3, -0.25) is 14.6 Å². The first-order valence-corrected chi connectivity index (χ1v) is 9.76. The summed E-state index contributed by atoms with van der Waals surface area (Å²) < 4.78 is 0. The van der Waals surface area contributed by atoms with Crippen molar-refractivity contribution in [1.82, 2.24) is 14.8 Å². The molecule has 0 aliphatic carbocycles. The molecule has 2 unspecified atom stereocenters. The molecule has 5 heteroatoms. The lowest BCUT2D eigenvalue weighted by Gasteiger charge is -2.38. The van der Waals surface area contributed by atoms with Crippen molar-refractivity contribution in [2.75, 3.05) is 19.6 Å². The molecule has 1 aromatic rings. The maximum absolute atomic E-state index is 12.7. The van der Waals surface area contributed by atoms with Gasteiger partial charge in [0.05, 0.1) is 0 Å². The van der Waals surface area contributed by atoms with Crippen LogP contribution < -0.4 is 0 Å². The molecule has 2 aliphatic rings. The van der Waals surface area contributed by atoms with Crippen molar-refractivity contribution in [3.05, 3.63) is 30.1 Å². The Morgan fingerprint density at radius 2 is 2.00 bits per heavy atom. The number of amides is 2. The molecule has 3 rings (SSSR count). The molecule has 2 saturated heterocycles. The van der Waals surface area contributed by atoms with Crippen molar-refractivity contribution in [3.63, 3.8) is 0 Å². The van der Waals surface area contributed by atoms with Crippen LogP contribution in [0.5, 0.6) is 0 Å². The fourth-order valence-corrected chi connectivity index (χ4v) is 4.15. The van der Waals surface area contributed by atoms with Gasteiger partial charge in [-0.1, -0.05) is 26.8 Å². The third kappa shape index (κ3) is 4.83. The molecule has 0 aromatic carbocycles. The summed E-state index contributed by atoms with van der Waals surface area (Å²) in [6.45, 7) is 9.35. The van der Waals surface area contributed by atoms with Gasteiger partial charge < -0.3 is 9.80 Å². The van der Waals surface area contributed by atoms with E-state index in [1.807, 2.05) is 28.1 Å². The Labute approximate surface area is 156 Å². The second kappa shape index (κ2) is 7.77. The smallest absolute Gasteiger partial charge is 0.223 e. The van der Waals surface area contributed by atoms with E-state index in [0.29, 0.717) is 31.2 Å². The number of rotatable bonds is 3. The number of pyridine rings is 1. The maximum Gasteiger partial charge on any atom is 0.223 e. The van der Waals surface area contributed by atoms with E-state index < -0.39 is 0 Å². The molecule has 0 saturated carbocycles. The Kier molecular flexibility index (Phi) is 5.64. The fourth-order valence-electron chi connectivity index (χ4n) is 4.15. The van der Waals surface area contributed by atoms with Gasteiger partial charge in [0.2, 0.25) is 11.8 Å². The molecule has 2 fully saturated rings. The van der Waals surface area contributed by atoms with Gasteiger partial charge in [0.25, 0.3) is 0 Å². The lowest BCUT2D eigenvalue weighted by molar-refractivity contribution is -0.136. The minimum absolute atomic E-state index is 0.0217. The number of likely N-dealkylation sites (tertiary alicyclic amines) is 2. The highest BCUT2D eigenvalue weighted by atomic mass is 16.2. The highest BCUT2D eigenvalue weighted by Crippen LogP contribution is 2.33. The molecule has 0 bridgehead atoms. The van der Waals surface area contributed by atoms with Gasteiger partial charge in [-0.25, -0.2) is 0 Å². The monoisotopic (exact) mass is 357 g/mol. The molecule has 2 aliphatic heterocycles. The van der Waals surface area contributed by atoms with Crippen LogP contribution in [0.25, 0.3) is 0 Å². The second-order valence-corrected chi connectivity index (χ2v) is 9.06. The Hall–Kier alpha value is -1.91. The van der Waals surface area contributed by atoms with E-state index in [2.05, 4.69) is 25.8 Å². The van der Waals surface area contributed by atoms with Gasteiger partial charge in [0.15, 0.2) is 0 Å². The third-order valence-electron chi connectivity index (χ3n) is 5.58. The topological polar surface area (TPSA) is 53.5 Å². The number of nitrogens with zero attached hydrogens (tertiary/aromatic N) is 3. The number of aromatic nitrogens is 1. The van der Waals surface area contributed by atoms with Crippen LogP contribution in [-0.2, 0) is 16.1 Å². The van der Waals surface area contributed by atoms with Crippen LogP contribution in [0.1, 0.15) is 52.0 Å². The average Bonchev–Trinajstić information content (AvgIpc) is 2.73. The van der Waals surface area contributed by atoms with E-state index in [0.717, 1.165) is 38.0 Å². The summed E-state index contributed by atoms with van der Waals surface area (Å²) in [5.41, 5.74) is 1.10. The molecular formula is C21H31N3O2. The van der Waals surface area contributed by atoms with E-state index in [1.54, 1.807) is 6.20 Å². The van der Waals surface area contributed by atoms with E-state index in [4.69, 9.17) is 0 Å². The molecule has 2 amide bonds. The molecular weight excluding hydrogens is 326 g/mol. The van der Waals surface area contributed by atoms with Crippen molar-refractivity contribution in [2.45, 2.75) is 53.0 Å². The van der Waals surface area contributed by atoms with Crippen LogP contribution >= 0.6 is 0 Å².